The van der Waals surface area contributed by atoms with Gasteiger partial charge in [-0.1, -0.05) is 42.1 Å². The quantitative estimate of drug-likeness (QED) is 0.484. The third-order valence-corrected chi connectivity index (χ3v) is 2.30. The number of pyridine rings is 1. The van der Waals surface area contributed by atoms with Crippen molar-refractivity contribution in [2.24, 2.45) is 0 Å². The molecule has 3 aromatic rings. The van der Waals surface area contributed by atoms with Gasteiger partial charge in [-0.3, -0.25) is 0 Å². The van der Waals surface area contributed by atoms with Gasteiger partial charge in [0.15, 0.2) is 0 Å². The fraction of sp³-hybridized carbons (Fsp3) is 0. The molecule has 19 heavy (non-hydrogen) atoms. The Morgan fingerprint density at radius 3 is 1.89 bits per heavy atom. The van der Waals surface area contributed by atoms with Crippen LogP contribution < -0.4 is 0 Å². The number of hydrogen-bond donors (Lipinski definition) is 0. The van der Waals surface area contributed by atoms with Crippen LogP contribution in [0.15, 0.2) is 79.0 Å². The average molecular weight is 332 g/mol. The number of aromatic nitrogens is 1. The van der Waals surface area contributed by atoms with Crippen molar-refractivity contribution in [3.8, 4) is 11.1 Å². The van der Waals surface area contributed by atoms with Crippen LogP contribution >= 0.6 is 0 Å². The molecule has 0 unspecified atom stereocenters. The zero-order valence-electron chi connectivity index (χ0n) is 10.3. The summed E-state index contributed by atoms with van der Waals surface area (Å²) in [6.07, 6.45) is 4.66. The molecule has 1 radical (unpaired) electrons. The van der Waals surface area contributed by atoms with Crippen molar-refractivity contribution in [3.05, 3.63) is 91.3 Å². The topological polar surface area (TPSA) is 12.9 Å². The van der Waals surface area contributed by atoms with Crippen LogP contribution in [0.1, 0.15) is 0 Å². The van der Waals surface area contributed by atoms with Crippen molar-refractivity contribution in [1.82, 2.24) is 4.98 Å². The average Bonchev–Trinajstić information content (AvgIpc) is 2.51. The SMILES string of the molecule is [Ru+3].[c-]1ccccc1.[c-]1ncccc1-c1ccccc1. The second kappa shape index (κ2) is 9.18. The smallest absolute Gasteiger partial charge is 0.360 e. The van der Waals surface area contributed by atoms with E-state index in [-0.39, 0.29) is 19.5 Å². The van der Waals surface area contributed by atoms with Crippen LogP contribution in [-0.4, -0.2) is 4.98 Å². The summed E-state index contributed by atoms with van der Waals surface area (Å²) in [5.74, 6) is 0. The molecular weight excluding hydrogens is 319 g/mol. The van der Waals surface area contributed by atoms with Crippen LogP contribution in [0.2, 0.25) is 0 Å². The van der Waals surface area contributed by atoms with E-state index in [9.17, 15) is 0 Å². The van der Waals surface area contributed by atoms with Crippen molar-refractivity contribution in [2.45, 2.75) is 0 Å². The Balaban J connectivity index is 0.000000220. The zero-order chi connectivity index (χ0) is 12.5. The molecular formula is C17H13NRu+. The molecule has 0 aliphatic rings. The molecule has 0 spiro atoms. The third-order valence-electron chi connectivity index (χ3n) is 2.30. The second-order valence-corrected chi connectivity index (χ2v) is 3.61. The van der Waals surface area contributed by atoms with E-state index in [2.05, 4.69) is 17.2 Å². The van der Waals surface area contributed by atoms with Crippen molar-refractivity contribution < 1.29 is 19.5 Å². The van der Waals surface area contributed by atoms with Gasteiger partial charge in [0.25, 0.3) is 0 Å². The van der Waals surface area contributed by atoms with Crippen molar-refractivity contribution in [3.63, 3.8) is 0 Å². The van der Waals surface area contributed by atoms with E-state index < -0.39 is 0 Å². The first-order valence-corrected chi connectivity index (χ1v) is 5.76. The molecule has 0 fully saturated rings. The number of rotatable bonds is 1. The monoisotopic (exact) mass is 333 g/mol. The number of hydrogen-bond acceptors (Lipinski definition) is 1. The largest absolute Gasteiger partial charge is 3.00 e. The third kappa shape index (κ3) is 5.59. The van der Waals surface area contributed by atoms with Gasteiger partial charge in [0, 0.05) is 0 Å². The summed E-state index contributed by atoms with van der Waals surface area (Å²) in [7, 11) is 0. The van der Waals surface area contributed by atoms with Crippen LogP contribution in [0.25, 0.3) is 11.1 Å². The molecule has 3 rings (SSSR count). The van der Waals surface area contributed by atoms with E-state index in [1.165, 1.54) is 0 Å². The zero-order valence-corrected chi connectivity index (χ0v) is 12.0. The van der Waals surface area contributed by atoms with E-state index in [0.717, 1.165) is 11.1 Å². The molecule has 0 aliphatic heterocycles. The minimum Gasteiger partial charge on any atom is -0.360 e. The minimum absolute atomic E-state index is 0. The van der Waals surface area contributed by atoms with Crippen LogP contribution in [-0.2, 0) is 19.5 Å². The van der Waals surface area contributed by atoms with Crippen LogP contribution in [0.3, 0.4) is 0 Å². The molecule has 1 heterocycles. The molecule has 0 saturated heterocycles. The summed E-state index contributed by atoms with van der Waals surface area (Å²) in [6.45, 7) is 0. The molecule has 93 valence electrons. The maximum atomic E-state index is 3.94. The van der Waals surface area contributed by atoms with Gasteiger partial charge >= 0.3 is 19.5 Å². The Morgan fingerprint density at radius 1 is 0.737 bits per heavy atom. The predicted molar refractivity (Wildman–Crippen MR) is 73.8 cm³/mol. The van der Waals surface area contributed by atoms with Crippen molar-refractivity contribution in [1.29, 1.82) is 0 Å². The summed E-state index contributed by atoms with van der Waals surface area (Å²) in [5, 5.41) is 0. The Hall–Kier alpha value is -1.79. The standard InChI is InChI=1S/C11H8N.C6H5.Ru/c1-2-5-10(6-3-1)11-7-4-8-12-9-11;1-2-4-6-5-3-1;/h1-8H;1-5H;/q2*-1;+3. The first-order valence-electron chi connectivity index (χ1n) is 5.76. The van der Waals surface area contributed by atoms with Gasteiger partial charge in [0.05, 0.1) is 0 Å². The second-order valence-electron chi connectivity index (χ2n) is 3.61. The maximum Gasteiger partial charge on any atom is 3.00 e. The molecule has 2 aromatic carbocycles. The van der Waals surface area contributed by atoms with Gasteiger partial charge in [0.1, 0.15) is 0 Å². The molecule has 2 heteroatoms. The number of benzene rings is 2. The Bertz CT molecular complexity index is 474. The molecule has 0 atom stereocenters. The summed E-state index contributed by atoms with van der Waals surface area (Å²) in [5.41, 5.74) is 2.20. The predicted octanol–water partition coefficient (Wildman–Crippen LogP) is 4.03. The molecule has 0 aliphatic carbocycles. The van der Waals surface area contributed by atoms with Gasteiger partial charge in [-0.25, -0.2) is 0 Å². The molecule has 0 bridgehead atoms. The van der Waals surface area contributed by atoms with E-state index >= 15 is 0 Å². The Labute approximate surface area is 127 Å². The fourth-order valence-corrected chi connectivity index (χ4v) is 1.45. The van der Waals surface area contributed by atoms with Crippen LogP contribution in [0.5, 0.6) is 0 Å². The fourth-order valence-electron chi connectivity index (χ4n) is 1.45. The van der Waals surface area contributed by atoms with Gasteiger partial charge in [-0.05, 0) is 6.20 Å². The van der Waals surface area contributed by atoms with E-state index in [1.807, 2.05) is 72.8 Å². The summed E-state index contributed by atoms with van der Waals surface area (Å²) in [6, 6.07) is 26.5. The minimum atomic E-state index is 0. The normalized spacial score (nSPS) is 8.63. The van der Waals surface area contributed by atoms with E-state index in [1.54, 1.807) is 6.20 Å². The summed E-state index contributed by atoms with van der Waals surface area (Å²) in [4.78, 5) is 3.94. The first-order chi connectivity index (χ1) is 8.97. The van der Waals surface area contributed by atoms with Gasteiger partial charge in [0.2, 0.25) is 0 Å². The van der Waals surface area contributed by atoms with E-state index in [0.29, 0.717) is 0 Å². The van der Waals surface area contributed by atoms with Crippen molar-refractivity contribution in [2.75, 3.05) is 0 Å². The van der Waals surface area contributed by atoms with E-state index in [4.69, 9.17) is 0 Å². The maximum absolute atomic E-state index is 3.94. The molecule has 0 saturated carbocycles. The summed E-state index contributed by atoms with van der Waals surface area (Å²) < 4.78 is 0. The van der Waals surface area contributed by atoms with Gasteiger partial charge < -0.3 is 4.98 Å². The first kappa shape index (κ1) is 15.3. The molecule has 0 amide bonds. The van der Waals surface area contributed by atoms with Crippen molar-refractivity contribution >= 4 is 0 Å². The number of nitrogens with zero attached hydrogens (tertiary/aromatic N) is 1. The Kier molecular flexibility index (Phi) is 7.38. The van der Waals surface area contributed by atoms with Crippen LogP contribution in [0.4, 0.5) is 0 Å². The van der Waals surface area contributed by atoms with Gasteiger partial charge in [-0.15, -0.1) is 17.7 Å². The summed E-state index contributed by atoms with van der Waals surface area (Å²) >= 11 is 0. The Morgan fingerprint density at radius 2 is 1.42 bits per heavy atom. The van der Waals surface area contributed by atoms with Crippen LogP contribution in [0, 0.1) is 12.3 Å². The van der Waals surface area contributed by atoms with Gasteiger partial charge in [-0.2, -0.15) is 36.4 Å². The molecule has 1 nitrogen and oxygen atoms in total. The molecule has 1 aromatic heterocycles. The molecule has 0 N–H and O–H groups in total.